The number of hydrogen-bond donors (Lipinski definition) is 2. The first-order chi connectivity index (χ1) is 14.6. The summed E-state index contributed by atoms with van der Waals surface area (Å²) in [6, 6.07) is 7.83. The first-order valence-corrected chi connectivity index (χ1v) is 11.6. The molecule has 2 atom stereocenters. The lowest BCUT2D eigenvalue weighted by molar-refractivity contribution is -0.135. The molecule has 2 aliphatic carbocycles. The minimum absolute atomic E-state index is 0.0128. The van der Waals surface area contributed by atoms with E-state index < -0.39 is 5.54 Å². The van der Waals surface area contributed by atoms with E-state index in [4.69, 9.17) is 4.98 Å². The molecule has 2 saturated carbocycles. The normalized spacial score (nSPS) is 27.5. The summed E-state index contributed by atoms with van der Waals surface area (Å²) < 4.78 is 0. The second-order valence-corrected chi connectivity index (χ2v) is 9.50. The Hall–Kier alpha value is -2.37. The standard InChI is InChI=1S/C24H32N4O2/c1-2-20(29)24(21(30)25-16-17-15-23(17)11-6-3-7-12-23)13-8-14-28(24)22-26-18-9-4-5-10-19(18)27-22/h4-5,9-10,17H,2-3,6-8,11-16H2,1H3,(H,25,30)(H,26,27)/t17?,24-/m1/s1. The number of anilines is 1. The Morgan fingerprint density at radius 2 is 1.97 bits per heavy atom. The average molecular weight is 409 g/mol. The fraction of sp³-hybridized carbons (Fsp3) is 0.625. The van der Waals surface area contributed by atoms with Crippen LogP contribution in [0, 0.1) is 11.3 Å². The van der Waals surface area contributed by atoms with Gasteiger partial charge in [-0.2, -0.15) is 0 Å². The zero-order valence-electron chi connectivity index (χ0n) is 17.9. The maximum atomic E-state index is 13.6. The fourth-order valence-corrected chi connectivity index (χ4v) is 6.07. The number of nitrogens with one attached hydrogen (secondary N) is 2. The van der Waals surface area contributed by atoms with Gasteiger partial charge in [-0.25, -0.2) is 4.98 Å². The van der Waals surface area contributed by atoms with Crippen LogP contribution in [0.5, 0.6) is 0 Å². The molecule has 0 radical (unpaired) electrons. The molecule has 0 bridgehead atoms. The van der Waals surface area contributed by atoms with Crippen LogP contribution in [-0.2, 0) is 9.59 Å². The molecule has 1 aliphatic heterocycles. The lowest BCUT2D eigenvalue weighted by Gasteiger charge is -2.35. The summed E-state index contributed by atoms with van der Waals surface area (Å²) in [7, 11) is 0. The minimum atomic E-state index is -1.14. The van der Waals surface area contributed by atoms with Gasteiger partial charge in [-0.05, 0) is 55.6 Å². The highest BCUT2D eigenvalue weighted by Crippen LogP contribution is 2.61. The Kier molecular flexibility index (Phi) is 4.83. The van der Waals surface area contributed by atoms with Gasteiger partial charge in [-0.3, -0.25) is 9.59 Å². The van der Waals surface area contributed by atoms with Crippen molar-refractivity contribution in [1.82, 2.24) is 15.3 Å². The highest BCUT2D eigenvalue weighted by Gasteiger charge is 2.56. The van der Waals surface area contributed by atoms with Crippen LogP contribution in [0.15, 0.2) is 24.3 Å². The van der Waals surface area contributed by atoms with Crippen molar-refractivity contribution in [2.45, 2.75) is 70.3 Å². The molecule has 1 amide bonds. The first-order valence-electron chi connectivity index (χ1n) is 11.6. The van der Waals surface area contributed by atoms with Crippen molar-refractivity contribution in [2.75, 3.05) is 18.0 Å². The van der Waals surface area contributed by atoms with Crippen LogP contribution in [0.4, 0.5) is 5.95 Å². The number of aromatic amines is 1. The number of fused-ring (bicyclic) bond motifs is 1. The Balaban J connectivity index is 1.38. The number of para-hydroxylation sites is 2. The van der Waals surface area contributed by atoms with Crippen LogP contribution >= 0.6 is 0 Å². The maximum absolute atomic E-state index is 13.6. The maximum Gasteiger partial charge on any atom is 0.253 e. The molecule has 30 heavy (non-hydrogen) atoms. The average Bonchev–Trinajstić information content (AvgIpc) is 3.14. The highest BCUT2D eigenvalue weighted by molar-refractivity contribution is 6.14. The van der Waals surface area contributed by atoms with E-state index in [2.05, 4.69) is 10.3 Å². The fourth-order valence-electron chi connectivity index (χ4n) is 6.07. The highest BCUT2D eigenvalue weighted by atomic mass is 16.2. The number of hydrogen-bond acceptors (Lipinski definition) is 4. The van der Waals surface area contributed by atoms with Gasteiger partial charge in [0, 0.05) is 19.5 Å². The lowest BCUT2D eigenvalue weighted by atomic mass is 9.84. The molecule has 1 spiro atoms. The zero-order chi connectivity index (χ0) is 20.8. The number of carbonyl (C=O) groups is 2. The third-order valence-electron chi connectivity index (χ3n) is 7.89. The molecule has 1 unspecified atom stereocenters. The molecule has 160 valence electrons. The van der Waals surface area contributed by atoms with E-state index in [0.717, 1.165) is 17.5 Å². The summed E-state index contributed by atoms with van der Waals surface area (Å²) in [5, 5.41) is 3.20. The van der Waals surface area contributed by atoms with Crippen LogP contribution < -0.4 is 10.2 Å². The predicted octanol–water partition coefficient (Wildman–Crippen LogP) is 3.97. The number of nitrogens with zero attached hydrogens (tertiary/aromatic N) is 2. The summed E-state index contributed by atoms with van der Waals surface area (Å²) in [6.45, 7) is 3.21. The van der Waals surface area contributed by atoms with Gasteiger partial charge in [0.1, 0.15) is 0 Å². The molecule has 1 aromatic heterocycles. The largest absolute Gasteiger partial charge is 0.353 e. The molecule has 3 fully saturated rings. The third-order valence-corrected chi connectivity index (χ3v) is 7.89. The van der Waals surface area contributed by atoms with E-state index in [0.29, 0.717) is 43.2 Å². The number of benzene rings is 1. The van der Waals surface area contributed by atoms with Crippen molar-refractivity contribution in [3.63, 3.8) is 0 Å². The second kappa shape index (κ2) is 7.40. The summed E-state index contributed by atoms with van der Waals surface area (Å²) in [6.07, 6.45) is 9.54. The Morgan fingerprint density at radius 3 is 2.73 bits per heavy atom. The summed E-state index contributed by atoms with van der Waals surface area (Å²) in [4.78, 5) is 36.7. The van der Waals surface area contributed by atoms with E-state index >= 15 is 0 Å². The molecule has 1 aromatic carbocycles. The predicted molar refractivity (Wildman–Crippen MR) is 117 cm³/mol. The van der Waals surface area contributed by atoms with Gasteiger partial charge in [0.15, 0.2) is 11.3 Å². The number of carbonyl (C=O) groups excluding carboxylic acids is 2. The number of rotatable bonds is 6. The molecule has 6 heteroatoms. The molecule has 2 aromatic rings. The lowest BCUT2D eigenvalue weighted by Crippen LogP contribution is -2.61. The van der Waals surface area contributed by atoms with Crippen LogP contribution in [0.3, 0.4) is 0 Å². The number of imidazole rings is 1. The third kappa shape index (κ3) is 3.03. The van der Waals surface area contributed by atoms with Crippen molar-refractivity contribution >= 4 is 28.7 Å². The molecule has 6 nitrogen and oxygen atoms in total. The Bertz CT molecular complexity index is 928. The number of amides is 1. The molecule has 5 rings (SSSR count). The Labute approximate surface area is 177 Å². The van der Waals surface area contributed by atoms with Crippen molar-refractivity contribution in [2.24, 2.45) is 11.3 Å². The van der Waals surface area contributed by atoms with Gasteiger partial charge in [0.2, 0.25) is 5.95 Å². The molecule has 2 N–H and O–H groups in total. The minimum Gasteiger partial charge on any atom is -0.353 e. The van der Waals surface area contributed by atoms with Crippen LogP contribution in [0.25, 0.3) is 11.0 Å². The SMILES string of the molecule is CCC(=O)[C@@]1(C(=O)NCC2CC23CCCCC3)CCCN1c1nc2ccccc2[nH]1. The van der Waals surface area contributed by atoms with Crippen molar-refractivity contribution in [3.8, 4) is 0 Å². The van der Waals surface area contributed by atoms with E-state index in [9.17, 15) is 9.59 Å². The molecular formula is C24H32N4O2. The van der Waals surface area contributed by atoms with E-state index in [1.54, 1.807) is 0 Å². The van der Waals surface area contributed by atoms with Gasteiger partial charge in [0.05, 0.1) is 11.0 Å². The van der Waals surface area contributed by atoms with Crippen LogP contribution in [0.2, 0.25) is 0 Å². The van der Waals surface area contributed by atoms with Crippen LogP contribution in [-0.4, -0.2) is 40.3 Å². The smallest absolute Gasteiger partial charge is 0.253 e. The summed E-state index contributed by atoms with van der Waals surface area (Å²) in [5.41, 5.74) is 1.11. The molecule has 2 heterocycles. The van der Waals surface area contributed by atoms with E-state index in [-0.39, 0.29) is 11.7 Å². The van der Waals surface area contributed by atoms with Crippen molar-refractivity contribution in [3.05, 3.63) is 24.3 Å². The summed E-state index contributed by atoms with van der Waals surface area (Å²) >= 11 is 0. The first kappa shape index (κ1) is 19.6. The molecule has 1 saturated heterocycles. The van der Waals surface area contributed by atoms with Gasteiger partial charge < -0.3 is 15.2 Å². The van der Waals surface area contributed by atoms with E-state index in [1.165, 1.54) is 38.5 Å². The quantitative estimate of drug-likeness (QED) is 0.709. The molecule has 3 aliphatic rings. The monoisotopic (exact) mass is 408 g/mol. The number of aromatic nitrogens is 2. The van der Waals surface area contributed by atoms with Crippen molar-refractivity contribution in [1.29, 1.82) is 0 Å². The number of ketones is 1. The topological polar surface area (TPSA) is 78.1 Å². The van der Waals surface area contributed by atoms with Gasteiger partial charge >= 0.3 is 0 Å². The number of H-pyrrole nitrogens is 1. The van der Waals surface area contributed by atoms with Gasteiger partial charge in [0.25, 0.3) is 5.91 Å². The van der Waals surface area contributed by atoms with Gasteiger partial charge in [-0.15, -0.1) is 0 Å². The van der Waals surface area contributed by atoms with Crippen LogP contribution in [0.1, 0.15) is 64.7 Å². The zero-order valence-corrected chi connectivity index (χ0v) is 17.9. The van der Waals surface area contributed by atoms with E-state index in [1.807, 2.05) is 36.1 Å². The number of Topliss-reactive ketones (excluding diaryl/α,β-unsaturated/α-hetero) is 1. The van der Waals surface area contributed by atoms with Crippen molar-refractivity contribution < 1.29 is 9.59 Å². The molecular weight excluding hydrogens is 376 g/mol. The summed E-state index contributed by atoms with van der Waals surface area (Å²) in [5.74, 6) is 1.06. The second-order valence-electron chi connectivity index (χ2n) is 9.50. The Morgan fingerprint density at radius 1 is 1.17 bits per heavy atom. The van der Waals surface area contributed by atoms with Gasteiger partial charge in [-0.1, -0.05) is 38.3 Å².